The van der Waals surface area contributed by atoms with Crippen LogP contribution < -0.4 is 10.6 Å². The zero-order valence-corrected chi connectivity index (χ0v) is 22.8. The van der Waals surface area contributed by atoms with Crippen molar-refractivity contribution in [1.82, 2.24) is 15.1 Å². The van der Waals surface area contributed by atoms with E-state index in [9.17, 15) is 9.59 Å². The third-order valence-electron chi connectivity index (χ3n) is 7.27. The molecule has 1 fully saturated rings. The van der Waals surface area contributed by atoms with Gasteiger partial charge < -0.3 is 15.5 Å². The second kappa shape index (κ2) is 11.5. The van der Waals surface area contributed by atoms with Gasteiger partial charge in [0.15, 0.2) is 0 Å². The van der Waals surface area contributed by atoms with Crippen LogP contribution in [0.3, 0.4) is 0 Å². The number of anilines is 1. The summed E-state index contributed by atoms with van der Waals surface area (Å²) in [5.41, 5.74) is 1.46. The molecule has 0 bridgehead atoms. The van der Waals surface area contributed by atoms with E-state index >= 15 is 0 Å². The first-order valence-electron chi connectivity index (χ1n) is 12.8. The maximum Gasteiger partial charge on any atom is 0.249 e. The van der Waals surface area contributed by atoms with Gasteiger partial charge in [0.25, 0.3) is 0 Å². The van der Waals surface area contributed by atoms with Crippen LogP contribution in [0.15, 0.2) is 42.5 Å². The number of hydrogen-bond donors (Lipinski definition) is 2. The van der Waals surface area contributed by atoms with Crippen molar-refractivity contribution in [3.63, 3.8) is 0 Å². The maximum absolute atomic E-state index is 14.0. The van der Waals surface area contributed by atoms with E-state index in [2.05, 4.69) is 20.4 Å². The van der Waals surface area contributed by atoms with Gasteiger partial charge in [-0.15, -0.1) is 0 Å². The molecule has 1 aliphatic carbocycles. The van der Waals surface area contributed by atoms with Crippen molar-refractivity contribution in [2.45, 2.75) is 63.1 Å². The van der Waals surface area contributed by atoms with E-state index in [0.717, 1.165) is 43.4 Å². The number of nitrogens with zero attached hydrogens (tertiary/aromatic N) is 2. The van der Waals surface area contributed by atoms with Crippen LogP contribution in [0.2, 0.25) is 10.0 Å². The molecular weight excluding hydrogens is 495 g/mol. The highest BCUT2D eigenvalue weighted by Gasteiger charge is 2.53. The van der Waals surface area contributed by atoms with Crippen LogP contribution in [0.25, 0.3) is 0 Å². The Kier molecular flexibility index (Phi) is 8.61. The molecule has 0 saturated heterocycles. The van der Waals surface area contributed by atoms with Gasteiger partial charge in [0, 0.05) is 46.3 Å². The van der Waals surface area contributed by atoms with Gasteiger partial charge in [-0.2, -0.15) is 0 Å². The number of benzene rings is 2. The number of halogens is 2. The van der Waals surface area contributed by atoms with E-state index in [1.165, 1.54) is 6.42 Å². The lowest BCUT2D eigenvalue weighted by molar-refractivity contribution is -0.135. The van der Waals surface area contributed by atoms with Gasteiger partial charge in [0.1, 0.15) is 5.54 Å². The predicted molar refractivity (Wildman–Crippen MR) is 147 cm³/mol. The number of nitrogens with one attached hydrogen (secondary N) is 2. The lowest BCUT2D eigenvalue weighted by Crippen LogP contribution is -2.60. The van der Waals surface area contributed by atoms with Gasteiger partial charge in [-0.05, 0) is 63.7 Å². The smallest absolute Gasteiger partial charge is 0.249 e. The molecule has 2 aliphatic rings. The summed E-state index contributed by atoms with van der Waals surface area (Å²) in [6.07, 6.45) is 5.66. The fourth-order valence-corrected chi connectivity index (χ4v) is 6.26. The van der Waals surface area contributed by atoms with E-state index in [1.54, 1.807) is 6.07 Å². The first-order valence-corrected chi connectivity index (χ1v) is 13.5. The second-order valence-corrected chi connectivity index (χ2v) is 11.3. The van der Waals surface area contributed by atoms with Gasteiger partial charge in [-0.25, -0.2) is 0 Å². The molecule has 2 aromatic rings. The molecule has 1 saturated carbocycles. The van der Waals surface area contributed by atoms with E-state index in [1.807, 2.05) is 57.4 Å². The van der Waals surface area contributed by atoms with Gasteiger partial charge in [0.05, 0.1) is 6.54 Å². The summed E-state index contributed by atoms with van der Waals surface area (Å²) < 4.78 is 0. The monoisotopic (exact) mass is 530 g/mol. The van der Waals surface area contributed by atoms with E-state index < -0.39 is 5.54 Å². The summed E-state index contributed by atoms with van der Waals surface area (Å²) in [6, 6.07) is 13.3. The van der Waals surface area contributed by atoms with Gasteiger partial charge in [-0.1, -0.05) is 60.7 Å². The Hall–Kier alpha value is -2.12. The predicted octanol–water partition coefficient (Wildman–Crippen LogP) is 5.08. The number of likely N-dealkylation sites (N-methyl/N-ethyl adjacent to an activating group) is 1. The Bertz CT molecular complexity index is 1100. The fourth-order valence-electron chi connectivity index (χ4n) is 5.87. The molecule has 2 amide bonds. The van der Waals surface area contributed by atoms with Crippen molar-refractivity contribution in [1.29, 1.82) is 0 Å². The Morgan fingerprint density at radius 1 is 1.11 bits per heavy atom. The van der Waals surface area contributed by atoms with Gasteiger partial charge in [0.2, 0.25) is 11.8 Å². The molecule has 1 aliphatic heterocycles. The third kappa shape index (κ3) is 5.88. The number of amides is 2. The molecule has 36 heavy (non-hydrogen) atoms. The lowest BCUT2D eigenvalue weighted by atomic mass is 9.80. The van der Waals surface area contributed by atoms with Crippen molar-refractivity contribution in [2.75, 3.05) is 32.5 Å². The molecule has 0 aromatic heterocycles. The van der Waals surface area contributed by atoms with E-state index in [-0.39, 0.29) is 30.4 Å². The number of rotatable bonds is 9. The Morgan fingerprint density at radius 2 is 1.83 bits per heavy atom. The first kappa shape index (κ1) is 26.9. The quantitative estimate of drug-likeness (QED) is 0.474. The van der Waals surface area contributed by atoms with Crippen LogP contribution >= 0.6 is 23.2 Å². The molecule has 4 rings (SSSR count). The SMILES string of the molecule is CC(CN(C)C)NC(=O)CN(C1CCCCC1)C1(Cc2cccc(Cl)c2)C(=O)Nc2cc(Cl)ccc21. The zero-order chi connectivity index (χ0) is 25.9. The Balaban J connectivity index is 1.78. The highest BCUT2D eigenvalue weighted by molar-refractivity contribution is 6.31. The van der Waals surface area contributed by atoms with Crippen molar-refractivity contribution < 1.29 is 9.59 Å². The molecule has 6 nitrogen and oxygen atoms in total. The molecule has 2 N–H and O–H groups in total. The van der Waals surface area contributed by atoms with Crippen molar-refractivity contribution >= 4 is 40.7 Å². The van der Waals surface area contributed by atoms with Crippen LogP contribution in [0.5, 0.6) is 0 Å². The summed E-state index contributed by atoms with van der Waals surface area (Å²) in [5.74, 6) is -0.199. The van der Waals surface area contributed by atoms with Crippen LogP contribution in [-0.4, -0.2) is 60.9 Å². The van der Waals surface area contributed by atoms with Crippen molar-refractivity contribution in [3.8, 4) is 0 Å². The largest absolute Gasteiger partial charge is 0.351 e. The Labute approximate surface area is 224 Å². The number of hydrogen-bond acceptors (Lipinski definition) is 4. The zero-order valence-electron chi connectivity index (χ0n) is 21.3. The van der Waals surface area contributed by atoms with Crippen LogP contribution in [-0.2, 0) is 21.5 Å². The first-order chi connectivity index (χ1) is 17.2. The lowest BCUT2D eigenvalue weighted by Gasteiger charge is -2.45. The molecule has 0 spiro atoms. The summed E-state index contributed by atoms with van der Waals surface area (Å²) in [6.45, 7) is 2.88. The van der Waals surface area contributed by atoms with Crippen LogP contribution in [0.1, 0.15) is 50.2 Å². The molecule has 8 heteroatoms. The summed E-state index contributed by atoms with van der Waals surface area (Å²) in [7, 11) is 3.98. The number of fused-ring (bicyclic) bond motifs is 1. The van der Waals surface area contributed by atoms with Crippen LogP contribution in [0.4, 0.5) is 5.69 Å². The normalized spacial score (nSPS) is 20.9. The second-order valence-electron chi connectivity index (χ2n) is 10.5. The van der Waals surface area contributed by atoms with Crippen molar-refractivity contribution in [3.05, 3.63) is 63.6 Å². The highest BCUT2D eigenvalue weighted by atomic mass is 35.5. The average molecular weight is 532 g/mol. The van der Waals surface area contributed by atoms with Gasteiger partial charge in [-0.3, -0.25) is 14.5 Å². The standard InChI is InChI=1S/C28H36Cl2N4O2/c1-19(17-33(2)3)31-26(35)18-34(23-10-5-4-6-11-23)28(16-20-8-7-9-21(29)14-20)24-13-12-22(30)15-25(24)32-27(28)36/h7-9,12-15,19,23H,4-6,10-11,16-18H2,1-3H3,(H,31,35)(H,32,36). The van der Waals surface area contributed by atoms with Gasteiger partial charge >= 0.3 is 0 Å². The minimum Gasteiger partial charge on any atom is -0.351 e. The molecule has 194 valence electrons. The summed E-state index contributed by atoms with van der Waals surface area (Å²) in [4.78, 5) is 31.7. The molecule has 2 unspecified atom stereocenters. The topological polar surface area (TPSA) is 64.7 Å². The Morgan fingerprint density at radius 3 is 2.53 bits per heavy atom. The van der Waals surface area contributed by atoms with E-state index in [4.69, 9.17) is 23.2 Å². The van der Waals surface area contributed by atoms with E-state index in [0.29, 0.717) is 22.2 Å². The average Bonchev–Trinajstić information content (AvgIpc) is 3.08. The molecule has 2 aromatic carbocycles. The maximum atomic E-state index is 14.0. The number of carbonyl (C=O) groups is 2. The minimum atomic E-state index is -1.05. The highest BCUT2D eigenvalue weighted by Crippen LogP contribution is 2.46. The third-order valence-corrected chi connectivity index (χ3v) is 7.74. The summed E-state index contributed by atoms with van der Waals surface area (Å²) in [5, 5.41) is 7.42. The molecular formula is C28H36Cl2N4O2. The van der Waals surface area contributed by atoms with Crippen LogP contribution in [0, 0.1) is 0 Å². The fraction of sp³-hybridized carbons (Fsp3) is 0.500. The summed E-state index contributed by atoms with van der Waals surface area (Å²) >= 11 is 12.7. The molecule has 1 heterocycles. The molecule has 0 radical (unpaired) electrons. The number of carbonyl (C=O) groups excluding carboxylic acids is 2. The van der Waals surface area contributed by atoms with Crippen molar-refractivity contribution in [2.24, 2.45) is 0 Å². The molecule has 2 atom stereocenters. The minimum absolute atomic E-state index is 0.00640.